The van der Waals surface area contributed by atoms with Crippen molar-refractivity contribution in [3.63, 3.8) is 0 Å². The van der Waals surface area contributed by atoms with E-state index in [-0.39, 0.29) is 12.2 Å². The first-order valence-electron chi connectivity index (χ1n) is 10.4. The van der Waals surface area contributed by atoms with Crippen molar-refractivity contribution < 1.29 is 15.0 Å². The first-order valence-corrected chi connectivity index (χ1v) is 10.4. The molecule has 0 amide bonds. The summed E-state index contributed by atoms with van der Waals surface area (Å²) in [7, 11) is 1.93. The van der Waals surface area contributed by atoms with Crippen molar-refractivity contribution in [1.82, 2.24) is 29.5 Å². The Hall–Kier alpha value is -4.28. The summed E-state index contributed by atoms with van der Waals surface area (Å²) >= 11 is 0. The Balaban J connectivity index is 0.000000821. The van der Waals surface area contributed by atoms with E-state index in [1.165, 1.54) is 0 Å². The highest BCUT2D eigenvalue weighted by molar-refractivity contribution is 5.71. The van der Waals surface area contributed by atoms with Crippen LogP contribution in [-0.4, -0.2) is 72.4 Å². The standard InChI is InChI=1S/C21H22N8O.CH2O2/c1-14-11-18(25-19(24-14)15-5-3-4-6-17(15)30)28-7-9-29(10-8-28)21-22-12-16-20(26-21)27(2)13-23-16;2-1-3/h3-6,11-13,30H,7-10H2,1-2H3;1H,(H,2,3). The number of imidazole rings is 1. The van der Waals surface area contributed by atoms with Gasteiger partial charge in [-0.1, -0.05) is 12.1 Å². The second kappa shape index (κ2) is 9.47. The molecule has 1 fully saturated rings. The average molecular weight is 448 g/mol. The Morgan fingerprint density at radius 2 is 1.70 bits per heavy atom. The zero-order valence-corrected chi connectivity index (χ0v) is 18.3. The smallest absolute Gasteiger partial charge is 0.290 e. The number of carbonyl (C=O) groups is 1. The van der Waals surface area contributed by atoms with Crippen molar-refractivity contribution in [2.24, 2.45) is 7.05 Å². The molecule has 0 aliphatic carbocycles. The number of aromatic hydroxyl groups is 1. The molecule has 1 saturated heterocycles. The van der Waals surface area contributed by atoms with Gasteiger partial charge in [-0.15, -0.1) is 0 Å². The highest BCUT2D eigenvalue weighted by atomic mass is 16.3. The summed E-state index contributed by atoms with van der Waals surface area (Å²) in [6.45, 7) is 4.87. The molecule has 33 heavy (non-hydrogen) atoms. The number of hydrogen-bond donors (Lipinski definition) is 2. The molecule has 0 unspecified atom stereocenters. The highest BCUT2D eigenvalue weighted by Gasteiger charge is 2.22. The van der Waals surface area contributed by atoms with Crippen LogP contribution >= 0.6 is 0 Å². The number of benzene rings is 1. The Morgan fingerprint density at radius 1 is 1.00 bits per heavy atom. The fraction of sp³-hybridized carbons (Fsp3) is 0.273. The van der Waals surface area contributed by atoms with E-state index in [1.54, 1.807) is 24.7 Å². The molecule has 0 spiro atoms. The number of rotatable bonds is 3. The van der Waals surface area contributed by atoms with Gasteiger partial charge in [-0.05, 0) is 19.1 Å². The van der Waals surface area contributed by atoms with E-state index in [4.69, 9.17) is 14.9 Å². The van der Waals surface area contributed by atoms with Gasteiger partial charge in [0.25, 0.3) is 6.47 Å². The van der Waals surface area contributed by atoms with Crippen molar-refractivity contribution in [2.45, 2.75) is 6.92 Å². The van der Waals surface area contributed by atoms with E-state index in [2.05, 4.69) is 29.7 Å². The lowest BCUT2D eigenvalue weighted by Crippen LogP contribution is -2.47. The van der Waals surface area contributed by atoms with Gasteiger partial charge < -0.3 is 24.6 Å². The van der Waals surface area contributed by atoms with Gasteiger partial charge in [-0.3, -0.25) is 4.79 Å². The summed E-state index contributed by atoms with van der Waals surface area (Å²) in [5.74, 6) is 2.31. The second-order valence-electron chi connectivity index (χ2n) is 7.52. The van der Waals surface area contributed by atoms with Crippen LogP contribution in [0.3, 0.4) is 0 Å². The third-order valence-electron chi connectivity index (χ3n) is 5.31. The lowest BCUT2D eigenvalue weighted by Gasteiger charge is -2.35. The minimum Gasteiger partial charge on any atom is -0.507 e. The van der Waals surface area contributed by atoms with Crippen LogP contribution in [0.1, 0.15) is 5.69 Å². The lowest BCUT2D eigenvalue weighted by molar-refractivity contribution is -0.122. The van der Waals surface area contributed by atoms with Crippen LogP contribution in [0.5, 0.6) is 5.75 Å². The predicted molar refractivity (Wildman–Crippen MR) is 123 cm³/mol. The Bertz CT molecular complexity index is 1270. The number of para-hydroxylation sites is 1. The number of anilines is 2. The van der Waals surface area contributed by atoms with Crippen LogP contribution in [0.2, 0.25) is 0 Å². The molecule has 0 atom stereocenters. The molecule has 11 nitrogen and oxygen atoms in total. The third-order valence-corrected chi connectivity index (χ3v) is 5.31. The molecule has 2 N–H and O–H groups in total. The topological polar surface area (TPSA) is 133 Å². The number of phenolic OH excluding ortho intramolecular Hbond substituents is 1. The number of aromatic nitrogens is 6. The van der Waals surface area contributed by atoms with Crippen LogP contribution in [-0.2, 0) is 11.8 Å². The number of piperazine rings is 1. The minimum absolute atomic E-state index is 0.182. The maximum atomic E-state index is 10.2. The predicted octanol–water partition coefficient (Wildman–Crippen LogP) is 1.86. The molecule has 0 radical (unpaired) electrons. The van der Waals surface area contributed by atoms with Crippen molar-refractivity contribution in [3.8, 4) is 17.1 Å². The molecule has 0 bridgehead atoms. The van der Waals surface area contributed by atoms with E-state index in [0.29, 0.717) is 11.4 Å². The lowest BCUT2D eigenvalue weighted by atomic mass is 10.2. The number of hydrogen-bond acceptors (Lipinski definition) is 9. The SMILES string of the molecule is Cc1cc(N2CCN(c3ncc4ncn(C)c4n3)CC2)nc(-c2ccccc2O)n1.O=CO. The van der Waals surface area contributed by atoms with Crippen LogP contribution in [0.25, 0.3) is 22.6 Å². The van der Waals surface area contributed by atoms with Gasteiger partial charge in [-0.25, -0.2) is 19.9 Å². The van der Waals surface area contributed by atoms with Gasteiger partial charge in [0.15, 0.2) is 11.5 Å². The van der Waals surface area contributed by atoms with Gasteiger partial charge >= 0.3 is 0 Å². The van der Waals surface area contributed by atoms with E-state index < -0.39 is 0 Å². The molecular weight excluding hydrogens is 424 g/mol. The highest BCUT2D eigenvalue weighted by Crippen LogP contribution is 2.28. The Morgan fingerprint density at radius 3 is 2.42 bits per heavy atom. The van der Waals surface area contributed by atoms with Gasteiger partial charge in [-0.2, -0.15) is 4.98 Å². The largest absolute Gasteiger partial charge is 0.507 e. The summed E-state index contributed by atoms with van der Waals surface area (Å²) < 4.78 is 1.90. The van der Waals surface area contributed by atoms with Crippen molar-refractivity contribution >= 4 is 29.4 Å². The van der Waals surface area contributed by atoms with E-state index >= 15 is 0 Å². The maximum absolute atomic E-state index is 10.2. The molecule has 170 valence electrons. The molecule has 1 aliphatic rings. The zero-order valence-electron chi connectivity index (χ0n) is 18.3. The summed E-state index contributed by atoms with van der Waals surface area (Å²) in [6.07, 6.45) is 3.52. The van der Waals surface area contributed by atoms with Gasteiger partial charge in [0, 0.05) is 45.0 Å². The minimum atomic E-state index is -0.250. The maximum Gasteiger partial charge on any atom is 0.290 e. The summed E-state index contributed by atoms with van der Waals surface area (Å²) in [5, 5.41) is 17.1. The van der Waals surface area contributed by atoms with Crippen molar-refractivity contribution in [3.05, 3.63) is 48.5 Å². The first kappa shape index (κ1) is 21.9. The first-order chi connectivity index (χ1) is 16.0. The van der Waals surface area contributed by atoms with E-state index in [0.717, 1.165) is 54.8 Å². The van der Waals surface area contributed by atoms with E-state index in [1.807, 2.05) is 36.7 Å². The quantitative estimate of drug-likeness (QED) is 0.447. The van der Waals surface area contributed by atoms with Crippen LogP contribution in [0.4, 0.5) is 11.8 Å². The molecule has 4 aromatic rings. The zero-order chi connectivity index (χ0) is 23.4. The molecule has 11 heteroatoms. The summed E-state index contributed by atoms with van der Waals surface area (Å²) in [4.78, 5) is 35.5. The fourth-order valence-electron chi connectivity index (χ4n) is 3.70. The molecular formula is C22H24N8O3. The molecule has 4 heterocycles. The van der Waals surface area contributed by atoms with Crippen molar-refractivity contribution in [1.29, 1.82) is 0 Å². The van der Waals surface area contributed by atoms with Crippen molar-refractivity contribution in [2.75, 3.05) is 36.0 Å². The van der Waals surface area contributed by atoms with E-state index in [9.17, 15) is 5.11 Å². The van der Waals surface area contributed by atoms with Gasteiger partial charge in [0.05, 0.1) is 18.1 Å². The summed E-state index contributed by atoms with van der Waals surface area (Å²) in [6, 6.07) is 9.13. The fourth-order valence-corrected chi connectivity index (χ4v) is 3.70. The number of phenols is 1. The molecule has 0 saturated carbocycles. The van der Waals surface area contributed by atoms with Crippen LogP contribution in [0.15, 0.2) is 42.9 Å². The number of carboxylic acid groups (broad SMARTS) is 1. The second-order valence-corrected chi connectivity index (χ2v) is 7.52. The number of aryl methyl sites for hydroxylation is 2. The summed E-state index contributed by atoms with van der Waals surface area (Å²) in [5.41, 5.74) is 3.14. The molecule has 3 aromatic heterocycles. The van der Waals surface area contributed by atoms with Gasteiger partial charge in [0.1, 0.15) is 17.1 Å². The monoisotopic (exact) mass is 448 g/mol. The third kappa shape index (κ3) is 4.66. The number of fused-ring (bicyclic) bond motifs is 1. The molecule has 1 aliphatic heterocycles. The molecule has 1 aromatic carbocycles. The number of nitrogens with zero attached hydrogens (tertiary/aromatic N) is 8. The van der Waals surface area contributed by atoms with Crippen LogP contribution in [0, 0.1) is 6.92 Å². The van der Waals surface area contributed by atoms with Gasteiger partial charge in [0.2, 0.25) is 5.95 Å². The molecule has 5 rings (SSSR count). The normalized spacial score (nSPS) is 13.5. The Kier molecular flexibility index (Phi) is 6.29. The average Bonchev–Trinajstić information content (AvgIpc) is 3.20. The Labute approximate surface area is 190 Å². The van der Waals surface area contributed by atoms with Crippen LogP contribution < -0.4 is 9.80 Å².